The molecule has 1 N–H and O–H groups in total. The average molecular weight is 147 g/mol. The van der Waals surface area contributed by atoms with E-state index >= 15 is 0 Å². The van der Waals surface area contributed by atoms with Crippen LogP contribution in [0.4, 0.5) is 13.3 Å². The highest BCUT2D eigenvalue weighted by Crippen LogP contribution is 2.17. The Bertz CT molecular complexity index is 99.9. The summed E-state index contributed by atoms with van der Waals surface area (Å²) in [5.41, 5.74) is 0.184. The van der Waals surface area contributed by atoms with E-state index in [4.69, 9.17) is 0 Å². The summed E-state index contributed by atoms with van der Waals surface area (Å²) in [6, 6.07) is 0. The summed E-state index contributed by atoms with van der Waals surface area (Å²) in [6.45, 7) is 0. The minimum atomic E-state index is -4.14. The van der Waals surface area contributed by atoms with Crippen molar-refractivity contribution in [3.8, 4) is 0 Å². The van der Waals surface area contributed by atoms with E-state index in [9.17, 15) is 18.1 Å². The predicted molar refractivity (Wildman–Crippen MR) is 20.1 cm³/mol. The van der Waals surface area contributed by atoms with Crippen molar-refractivity contribution in [2.75, 3.05) is 0 Å². The van der Waals surface area contributed by atoms with Gasteiger partial charge >= 0.3 is 11.3 Å². The molecule has 48 valence electrons. The van der Waals surface area contributed by atoms with E-state index in [1.54, 1.807) is 0 Å². The van der Waals surface area contributed by atoms with E-state index in [1.165, 1.54) is 0 Å². The van der Waals surface area contributed by atoms with Gasteiger partial charge in [0.05, 0.1) is 0 Å². The molecule has 0 bridgehead atoms. The van der Waals surface area contributed by atoms with Crippen molar-refractivity contribution < 1.29 is 18.1 Å². The first-order chi connectivity index (χ1) is 3.48. The molecule has 1 amide bonds. The standard InChI is InChI=1S/C2HClF3NO/c3-2(4,5)1(8)7-6/h(H,7,8). The SMILES string of the molecule is O=C(NF)C(F)(F)Cl. The zero-order chi connectivity index (χ0) is 6.78. The number of hydrogen-bond acceptors (Lipinski definition) is 1. The maximum Gasteiger partial charge on any atom is 0.402 e. The van der Waals surface area contributed by atoms with E-state index < -0.39 is 11.3 Å². The van der Waals surface area contributed by atoms with Gasteiger partial charge in [-0.1, -0.05) is 0 Å². The van der Waals surface area contributed by atoms with Crippen LogP contribution in [0.1, 0.15) is 0 Å². The molecule has 0 aliphatic heterocycles. The van der Waals surface area contributed by atoms with Gasteiger partial charge in [0, 0.05) is 0 Å². The van der Waals surface area contributed by atoms with Crippen LogP contribution in [0.15, 0.2) is 0 Å². The maximum atomic E-state index is 11.2. The van der Waals surface area contributed by atoms with Crippen LogP contribution >= 0.6 is 11.6 Å². The van der Waals surface area contributed by atoms with E-state index in [-0.39, 0.29) is 5.54 Å². The summed E-state index contributed by atoms with van der Waals surface area (Å²) < 4.78 is 33.2. The molecule has 0 aromatic carbocycles. The lowest BCUT2D eigenvalue weighted by molar-refractivity contribution is -0.140. The highest BCUT2D eigenvalue weighted by molar-refractivity contribution is 6.31. The monoisotopic (exact) mass is 147 g/mol. The molecular formula is C2HClF3NO. The average Bonchev–Trinajstić information content (AvgIpc) is 1.62. The van der Waals surface area contributed by atoms with Crippen LogP contribution in [0.5, 0.6) is 0 Å². The van der Waals surface area contributed by atoms with Gasteiger partial charge in [0.2, 0.25) is 0 Å². The van der Waals surface area contributed by atoms with Crippen molar-refractivity contribution in [2.45, 2.75) is 5.38 Å². The molecule has 6 heteroatoms. The van der Waals surface area contributed by atoms with Gasteiger partial charge in [-0.15, -0.1) is 4.48 Å². The third kappa shape index (κ3) is 2.02. The Morgan fingerprint density at radius 1 is 1.62 bits per heavy atom. The number of carbonyl (C=O) groups excluding carboxylic acids is 1. The molecule has 0 aliphatic carbocycles. The number of hydrogen-bond donors (Lipinski definition) is 1. The van der Waals surface area contributed by atoms with Gasteiger partial charge in [-0.05, 0) is 11.6 Å². The lowest BCUT2D eigenvalue weighted by Crippen LogP contribution is -2.30. The van der Waals surface area contributed by atoms with Gasteiger partial charge in [0.15, 0.2) is 0 Å². The molecule has 0 aliphatic rings. The quantitative estimate of drug-likeness (QED) is 0.432. The van der Waals surface area contributed by atoms with Crippen molar-refractivity contribution in [1.82, 2.24) is 5.54 Å². The van der Waals surface area contributed by atoms with E-state index in [2.05, 4.69) is 11.6 Å². The number of alkyl halides is 3. The van der Waals surface area contributed by atoms with Gasteiger partial charge in [0.25, 0.3) is 0 Å². The van der Waals surface area contributed by atoms with Gasteiger partial charge in [-0.2, -0.15) is 14.3 Å². The van der Waals surface area contributed by atoms with Gasteiger partial charge in [-0.25, -0.2) is 0 Å². The number of nitrogens with one attached hydrogen (secondary N) is 1. The number of halogens is 4. The van der Waals surface area contributed by atoms with Gasteiger partial charge in [0.1, 0.15) is 0 Å². The van der Waals surface area contributed by atoms with E-state index in [1.807, 2.05) is 0 Å². The normalized spacial score (nSPS) is 11.0. The Morgan fingerprint density at radius 2 is 2.00 bits per heavy atom. The largest absolute Gasteiger partial charge is 0.402 e. The van der Waals surface area contributed by atoms with Crippen molar-refractivity contribution in [3.05, 3.63) is 0 Å². The molecule has 0 radical (unpaired) electrons. The minimum Gasteiger partial charge on any atom is -0.264 e. The highest BCUT2D eigenvalue weighted by atomic mass is 35.5. The molecule has 2 nitrogen and oxygen atoms in total. The van der Waals surface area contributed by atoms with E-state index in [0.717, 1.165) is 0 Å². The highest BCUT2D eigenvalue weighted by Gasteiger charge is 2.35. The van der Waals surface area contributed by atoms with Crippen LogP contribution in [0, 0.1) is 0 Å². The number of amides is 1. The predicted octanol–water partition coefficient (Wildman–Crippen LogP) is 0.819. The Kier molecular flexibility index (Phi) is 2.09. The van der Waals surface area contributed by atoms with Crippen LogP contribution in [-0.2, 0) is 4.79 Å². The summed E-state index contributed by atoms with van der Waals surface area (Å²) >= 11 is 4.00. The maximum absolute atomic E-state index is 11.2. The van der Waals surface area contributed by atoms with Crippen molar-refractivity contribution in [2.24, 2.45) is 0 Å². The second-order valence-corrected chi connectivity index (χ2v) is 1.40. The topological polar surface area (TPSA) is 29.1 Å². The molecule has 0 saturated carbocycles. The Balaban J connectivity index is 3.82. The molecule has 0 rings (SSSR count). The number of rotatable bonds is 1. The van der Waals surface area contributed by atoms with Crippen LogP contribution in [-0.4, -0.2) is 11.3 Å². The first-order valence-corrected chi connectivity index (χ1v) is 1.84. The third-order valence-electron chi connectivity index (χ3n) is 0.343. The Labute approximate surface area is 47.6 Å². The second-order valence-electron chi connectivity index (χ2n) is 0.921. The summed E-state index contributed by atoms with van der Waals surface area (Å²) in [5, 5.41) is -4.14. The fraction of sp³-hybridized carbons (Fsp3) is 0.500. The summed E-state index contributed by atoms with van der Waals surface area (Å²) in [6.07, 6.45) is 0. The lowest BCUT2D eigenvalue weighted by Gasteiger charge is -2.00. The van der Waals surface area contributed by atoms with Gasteiger partial charge in [-0.3, -0.25) is 4.79 Å². The zero-order valence-electron chi connectivity index (χ0n) is 3.42. The number of carbonyl (C=O) groups is 1. The van der Waals surface area contributed by atoms with Gasteiger partial charge < -0.3 is 0 Å². The van der Waals surface area contributed by atoms with Crippen LogP contribution < -0.4 is 5.54 Å². The summed E-state index contributed by atoms with van der Waals surface area (Å²) in [5.74, 6) is -2.15. The van der Waals surface area contributed by atoms with Crippen LogP contribution in [0.25, 0.3) is 0 Å². The molecule has 0 aromatic heterocycles. The Morgan fingerprint density at radius 3 is 2.00 bits per heavy atom. The van der Waals surface area contributed by atoms with E-state index in [0.29, 0.717) is 0 Å². The fourth-order valence-electron chi connectivity index (χ4n) is 0.0536. The molecule has 0 saturated heterocycles. The molecule has 0 spiro atoms. The molecule has 0 atom stereocenters. The lowest BCUT2D eigenvalue weighted by atomic mass is 10.7. The van der Waals surface area contributed by atoms with Crippen LogP contribution in [0.3, 0.4) is 0 Å². The first kappa shape index (κ1) is 7.55. The molecule has 8 heavy (non-hydrogen) atoms. The zero-order valence-corrected chi connectivity index (χ0v) is 4.18. The Hall–Kier alpha value is -0.450. The second kappa shape index (κ2) is 2.21. The molecule has 0 heterocycles. The summed E-state index contributed by atoms with van der Waals surface area (Å²) in [7, 11) is 0. The smallest absolute Gasteiger partial charge is 0.264 e. The van der Waals surface area contributed by atoms with Crippen LogP contribution in [0.2, 0.25) is 0 Å². The third-order valence-corrected chi connectivity index (χ3v) is 0.515. The molecule has 0 aromatic rings. The van der Waals surface area contributed by atoms with Crippen molar-refractivity contribution in [1.29, 1.82) is 0 Å². The van der Waals surface area contributed by atoms with Crippen molar-refractivity contribution in [3.63, 3.8) is 0 Å². The first-order valence-electron chi connectivity index (χ1n) is 1.46. The fourth-order valence-corrected chi connectivity index (χ4v) is 0.0893. The molecule has 0 fully saturated rings. The summed E-state index contributed by atoms with van der Waals surface area (Å²) in [4.78, 5) is 9.47. The minimum absolute atomic E-state index is 0.184. The molecular weight excluding hydrogens is 146 g/mol. The van der Waals surface area contributed by atoms with Crippen molar-refractivity contribution >= 4 is 17.5 Å². The molecule has 0 unspecified atom stereocenters.